The number of nitrogens with one attached hydrogen (secondary N) is 1. The van der Waals surface area contributed by atoms with Gasteiger partial charge in [-0.1, -0.05) is 91.5 Å². The highest BCUT2D eigenvalue weighted by molar-refractivity contribution is 8.00. The van der Waals surface area contributed by atoms with E-state index in [1.807, 2.05) is 4.57 Å². The van der Waals surface area contributed by atoms with Crippen LogP contribution in [0.15, 0.2) is 82.8 Å². The first-order valence-corrected chi connectivity index (χ1v) is 18.7. The van der Waals surface area contributed by atoms with Crippen LogP contribution in [-0.2, 0) is 25.7 Å². The molecule has 49 heavy (non-hydrogen) atoms. The predicted octanol–water partition coefficient (Wildman–Crippen LogP) is 8.01. The number of alkyl halides is 3. The van der Waals surface area contributed by atoms with E-state index in [1.165, 1.54) is 4.31 Å². The van der Waals surface area contributed by atoms with Crippen molar-refractivity contribution in [3.63, 3.8) is 0 Å². The highest BCUT2D eigenvalue weighted by atomic mass is 35.5. The topological polar surface area (TPSA) is 106 Å². The van der Waals surface area contributed by atoms with Crippen LogP contribution in [0.25, 0.3) is 11.4 Å². The van der Waals surface area contributed by atoms with Crippen molar-refractivity contribution in [2.24, 2.45) is 0 Å². The summed E-state index contributed by atoms with van der Waals surface area (Å²) in [5.41, 5.74) is 0.0667. The average molecular weight is 734 g/mol. The summed E-state index contributed by atoms with van der Waals surface area (Å²) in [5.74, 6) is -0.116. The summed E-state index contributed by atoms with van der Waals surface area (Å²) in [7, 11) is -3.78. The van der Waals surface area contributed by atoms with Gasteiger partial charge in [0.05, 0.1) is 34.4 Å². The van der Waals surface area contributed by atoms with E-state index in [0.29, 0.717) is 35.3 Å². The number of thioether (sulfide) groups is 1. The summed E-state index contributed by atoms with van der Waals surface area (Å²) in [6.07, 6.45) is 1.18. The largest absolute Gasteiger partial charge is 0.416 e. The Balaban J connectivity index is 1.38. The first-order valence-electron chi connectivity index (χ1n) is 16.0. The summed E-state index contributed by atoms with van der Waals surface area (Å²) in [6, 6.07) is 18.3. The van der Waals surface area contributed by atoms with E-state index >= 15 is 0 Å². The predicted molar refractivity (Wildman–Crippen MR) is 182 cm³/mol. The Morgan fingerprint density at radius 3 is 2.35 bits per heavy atom. The number of hydrogen-bond donors (Lipinski definition) is 1. The molecule has 0 spiro atoms. The Kier molecular flexibility index (Phi) is 11.0. The van der Waals surface area contributed by atoms with Crippen molar-refractivity contribution in [1.82, 2.24) is 19.1 Å². The second-order valence-electron chi connectivity index (χ2n) is 12.0. The highest BCUT2D eigenvalue weighted by Gasteiger charge is 2.33. The minimum Gasteiger partial charge on any atom is -0.379 e. The number of hydrogen-bond acceptors (Lipinski definition) is 7. The van der Waals surface area contributed by atoms with Gasteiger partial charge in [-0.2, -0.15) is 17.5 Å². The molecule has 9 nitrogen and oxygen atoms in total. The zero-order chi connectivity index (χ0) is 34.6. The Morgan fingerprint density at radius 1 is 0.939 bits per heavy atom. The first kappa shape index (κ1) is 35.4. The number of sulfonamides is 1. The number of amides is 1. The molecule has 2 fully saturated rings. The van der Waals surface area contributed by atoms with Crippen LogP contribution in [0, 0.1) is 0 Å². The summed E-state index contributed by atoms with van der Waals surface area (Å²) in [4.78, 5) is 14.1. The molecule has 15 heteroatoms. The van der Waals surface area contributed by atoms with Crippen LogP contribution >= 0.6 is 23.4 Å². The third kappa shape index (κ3) is 8.15. The molecule has 1 saturated carbocycles. The van der Waals surface area contributed by atoms with Gasteiger partial charge < -0.3 is 10.1 Å². The monoisotopic (exact) mass is 733 g/mol. The second-order valence-corrected chi connectivity index (χ2v) is 15.4. The molecule has 4 aromatic rings. The average Bonchev–Trinajstić information content (AvgIpc) is 3.33. The van der Waals surface area contributed by atoms with Gasteiger partial charge in [0.15, 0.2) is 11.0 Å². The number of benzene rings is 3. The van der Waals surface area contributed by atoms with E-state index in [0.717, 1.165) is 68.5 Å². The van der Waals surface area contributed by atoms with Crippen LogP contribution in [0.5, 0.6) is 0 Å². The Labute approximate surface area is 292 Å². The zero-order valence-electron chi connectivity index (χ0n) is 26.4. The number of aromatic nitrogens is 3. The number of rotatable bonds is 9. The maximum absolute atomic E-state index is 13.9. The Hall–Kier alpha value is -3.43. The molecule has 0 radical (unpaired) electrons. The molecule has 1 aromatic heterocycles. The molecule has 260 valence electrons. The van der Waals surface area contributed by atoms with Crippen molar-refractivity contribution in [3.8, 4) is 11.4 Å². The molecule has 1 N–H and O–H groups in total. The number of ether oxygens (including phenoxy) is 1. The second kappa shape index (κ2) is 15.2. The molecule has 6 rings (SSSR count). The van der Waals surface area contributed by atoms with Crippen LogP contribution in [0.3, 0.4) is 0 Å². The number of carbonyl (C=O) groups is 1. The number of anilines is 1. The van der Waals surface area contributed by atoms with Gasteiger partial charge in [0, 0.05) is 24.7 Å². The maximum Gasteiger partial charge on any atom is 0.416 e. The van der Waals surface area contributed by atoms with E-state index in [2.05, 4.69) is 15.5 Å². The van der Waals surface area contributed by atoms with Gasteiger partial charge in [0.1, 0.15) is 5.25 Å². The minimum atomic E-state index is -4.62. The van der Waals surface area contributed by atoms with Crippen molar-refractivity contribution < 1.29 is 31.1 Å². The van der Waals surface area contributed by atoms with E-state index in [4.69, 9.17) is 16.3 Å². The van der Waals surface area contributed by atoms with Crippen LogP contribution in [0.4, 0.5) is 18.9 Å². The molecule has 1 saturated heterocycles. The number of nitrogens with zero attached hydrogens (tertiary/aromatic N) is 4. The summed E-state index contributed by atoms with van der Waals surface area (Å²) in [5, 5.41) is 11.2. The fourth-order valence-corrected chi connectivity index (χ4v) is 8.86. The molecule has 0 bridgehead atoms. The van der Waals surface area contributed by atoms with E-state index < -0.39 is 32.9 Å². The lowest BCUT2D eigenvalue weighted by atomic mass is 10.1. The molecular weight excluding hydrogens is 699 g/mol. The van der Waals surface area contributed by atoms with Crippen LogP contribution < -0.4 is 5.32 Å². The fraction of sp³-hybridized carbons (Fsp3) is 0.382. The fourth-order valence-electron chi connectivity index (χ4n) is 6.13. The SMILES string of the molecule is O=C(Nc1cc(C(F)(F)F)ccc1Cl)C(Sc1nnc(-c2cccc(S(=O)(=O)N3CCOCC3)c2)n1C1CCCCCC1)c1ccccc1. The van der Waals surface area contributed by atoms with Gasteiger partial charge in [0.2, 0.25) is 15.9 Å². The molecule has 1 atom stereocenters. The van der Waals surface area contributed by atoms with Crippen molar-refractivity contribution in [3.05, 3.63) is 88.9 Å². The van der Waals surface area contributed by atoms with Gasteiger partial charge >= 0.3 is 6.18 Å². The van der Waals surface area contributed by atoms with E-state index in [9.17, 15) is 26.4 Å². The zero-order valence-corrected chi connectivity index (χ0v) is 28.8. The van der Waals surface area contributed by atoms with Gasteiger partial charge in [-0.3, -0.25) is 9.36 Å². The maximum atomic E-state index is 13.9. The van der Waals surface area contributed by atoms with Crippen LogP contribution in [0.1, 0.15) is 60.9 Å². The Morgan fingerprint density at radius 2 is 1.65 bits per heavy atom. The molecule has 2 aliphatic rings. The van der Waals surface area contributed by atoms with Crippen molar-refractivity contribution in [2.45, 2.75) is 66.0 Å². The van der Waals surface area contributed by atoms with Gasteiger partial charge in [-0.05, 0) is 48.7 Å². The molecule has 2 heterocycles. The molecule has 1 aliphatic carbocycles. The van der Waals surface area contributed by atoms with Crippen molar-refractivity contribution in [1.29, 1.82) is 0 Å². The van der Waals surface area contributed by atoms with Gasteiger partial charge in [-0.15, -0.1) is 10.2 Å². The summed E-state index contributed by atoms with van der Waals surface area (Å²) < 4.78 is 76.4. The number of halogens is 4. The minimum absolute atomic E-state index is 0.0214. The van der Waals surface area contributed by atoms with Crippen molar-refractivity contribution >= 4 is 45.0 Å². The smallest absolute Gasteiger partial charge is 0.379 e. The van der Waals surface area contributed by atoms with Crippen molar-refractivity contribution in [2.75, 3.05) is 31.6 Å². The van der Waals surface area contributed by atoms with E-state index in [1.54, 1.807) is 54.6 Å². The van der Waals surface area contributed by atoms with Crippen LogP contribution in [0.2, 0.25) is 5.02 Å². The molecule has 1 unspecified atom stereocenters. The van der Waals surface area contributed by atoms with E-state index in [-0.39, 0.29) is 34.7 Å². The standard InChI is InChI=1S/C34H35ClF3N5O4S2/c35-28-16-15-25(34(36,37)38)22-29(28)39-32(44)30(23-9-4-3-5-10-23)48-33-41-40-31(43(33)26-12-6-1-2-7-13-26)24-11-8-14-27(21-24)49(45,46)42-17-19-47-20-18-42/h3-5,8-11,14-16,21-22,26,30H,1-2,6-7,12-13,17-20H2,(H,39,44). The number of carbonyl (C=O) groups excluding carboxylic acids is 1. The number of morpholine rings is 1. The normalized spacial score (nSPS) is 17.4. The molecule has 1 aliphatic heterocycles. The van der Waals surface area contributed by atoms with Crippen LogP contribution in [-0.4, -0.2) is 59.7 Å². The lowest BCUT2D eigenvalue weighted by Gasteiger charge is -2.26. The third-order valence-electron chi connectivity index (χ3n) is 8.67. The quantitative estimate of drug-likeness (QED) is 0.137. The first-order chi connectivity index (χ1) is 23.5. The molecular formula is C34H35ClF3N5O4S2. The highest BCUT2D eigenvalue weighted by Crippen LogP contribution is 2.42. The molecule has 1 amide bonds. The Bertz CT molecular complexity index is 1880. The summed E-state index contributed by atoms with van der Waals surface area (Å²) >= 11 is 7.37. The lowest BCUT2D eigenvalue weighted by molar-refractivity contribution is -0.137. The summed E-state index contributed by atoms with van der Waals surface area (Å²) in [6.45, 7) is 1.18. The van der Waals surface area contributed by atoms with Gasteiger partial charge in [0.25, 0.3) is 0 Å². The molecule has 3 aromatic carbocycles. The lowest BCUT2D eigenvalue weighted by Crippen LogP contribution is -2.40. The third-order valence-corrected chi connectivity index (χ3v) is 12.1. The van der Waals surface area contributed by atoms with Gasteiger partial charge in [-0.25, -0.2) is 8.42 Å².